The van der Waals surface area contributed by atoms with E-state index in [4.69, 9.17) is 25.4 Å². The minimum absolute atomic E-state index is 0.0229. The molecule has 13 nitrogen and oxygen atoms in total. The van der Waals surface area contributed by atoms with Gasteiger partial charge in [0.15, 0.2) is 0 Å². The number of carbonyl (C=O) groups excluding carboxylic acids is 2. The van der Waals surface area contributed by atoms with Gasteiger partial charge in [-0.3, -0.25) is 24.5 Å². The van der Waals surface area contributed by atoms with Crippen molar-refractivity contribution in [1.82, 2.24) is 14.5 Å². The van der Waals surface area contributed by atoms with Gasteiger partial charge in [0.2, 0.25) is 0 Å². The molecule has 0 saturated carbocycles. The molecule has 0 aliphatic rings. The second-order valence-electron chi connectivity index (χ2n) is 9.07. The summed E-state index contributed by atoms with van der Waals surface area (Å²) in [5.74, 6) is 0.623. The van der Waals surface area contributed by atoms with Crippen LogP contribution >= 0.6 is 0 Å². The van der Waals surface area contributed by atoms with Crippen LogP contribution in [0.4, 0.5) is 11.5 Å². The fourth-order valence-corrected chi connectivity index (χ4v) is 3.92. The van der Waals surface area contributed by atoms with Crippen molar-refractivity contribution in [3.05, 3.63) is 83.8 Å². The zero-order valence-electron chi connectivity index (χ0n) is 23.4. The zero-order chi connectivity index (χ0) is 30.9. The van der Waals surface area contributed by atoms with E-state index < -0.39 is 10.1 Å². The molecule has 14 heteroatoms. The van der Waals surface area contributed by atoms with Crippen molar-refractivity contribution < 1.29 is 27.3 Å². The number of amidine groups is 1. The van der Waals surface area contributed by atoms with E-state index in [0.717, 1.165) is 17.0 Å². The first-order chi connectivity index (χ1) is 19.9. The molecular formula is C28H33N7O6S. The number of nitrogens with two attached hydrogens (primary N) is 1. The maximum atomic E-state index is 13.5. The van der Waals surface area contributed by atoms with Crippen molar-refractivity contribution in [3.8, 4) is 0 Å². The number of nitrogen functional groups attached to an aromatic ring is 1. The van der Waals surface area contributed by atoms with Gasteiger partial charge in [0.25, 0.3) is 16.0 Å². The number of aryl methyl sites for hydroxylation is 1. The predicted molar refractivity (Wildman–Crippen MR) is 160 cm³/mol. The van der Waals surface area contributed by atoms with Gasteiger partial charge in [0, 0.05) is 36.6 Å². The molecule has 0 saturated heterocycles. The van der Waals surface area contributed by atoms with E-state index in [0.29, 0.717) is 35.3 Å². The molecule has 42 heavy (non-hydrogen) atoms. The summed E-state index contributed by atoms with van der Waals surface area (Å²) in [5, 5.41) is 10.8. The molecule has 2 heterocycles. The van der Waals surface area contributed by atoms with Gasteiger partial charge in [-0.15, -0.1) is 0 Å². The number of ether oxygens (including phenoxy) is 1. The van der Waals surface area contributed by atoms with E-state index >= 15 is 0 Å². The second kappa shape index (κ2) is 14.2. The Kier molecular flexibility index (Phi) is 10.7. The molecule has 2 aromatic heterocycles. The van der Waals surface area contributed by atoms with Crippen molar-refractivity contribution in [2.45, 2.75) is 19.9 Å². The SMILES string of the molecule is CCOC(=O)CCN(C(=O)c1ccc2c(c1)nc(CNc1ccc(C(=N)N)cc1)n2C)c1ccccn1.CS(=O)(=O)O. The molecule has 5 N–H and O–H groups in total. The summed E-state index contributed by atoms with van der Waals surface area (Å²) in [6.07, 6.45) is 2.38. The van der Waals surface area contributed by atoms with E-state index in [1.807, 2.05) is 29.8 Å². The number of anilines is 2. The Labute approximate surface area is 243 Å². The van der Waals surface area contributed by atoms with Crippen molar-refractivity contribution in [2.75, 3.05) is 29.6 Å². The third-order valence-electron chi connectivity index (χ3n) is 5.88. The van der Waals surface area contributed by atoms with Crippen LogP contribution < -0.4 is 16.0 Å². The second-order valence-corrected chi connectivity index (χ2v) is 10.5. The number of benzene rings is 2. The number of nitrogens with one attached hydrogen (secondary N) is 2. The summed E-state index contributed by atoms with van der Waals surface area (Å²) in [6.45, 7) is 2.64. The molecule has 4 aromatic rings. The Morgan fingerprint density at radius 2 is 1.79 bits per heavy atom. The molecule has 0 aliphatic carbocycles. The van der Waals surface area contributed by atoms with Crippen LogP contribution in [0.5, 0.6) is 0 Å². The van der Waals surface area contributed by atoms with Crippen LogP contribution in [0, 0.1) is 5.41 Å². The van der Waals surface area contributed by atoms with Gasteiger partial charge in [0.1, 0.15) is 17.5 Å². The summed E-state index contributed by atoms with van der Waals surface area (Å²) >= 11 is 0. The lowest BCUT2D eigenvalue weighted by molar-refractivity contribution is -0.142. The van der Waals surface area contributed by atoms with Crippen LogP contribution in [0.3, 0.4) is 0 Å². The highest BCUT2D eigenvalue weighted by Gasteiger charge is 2.21. The number of rotatable bonds is 10. The molecule has 0 fully saturated rings. The Bertz CT molecular complexity index is 1650. The number of hydrogen-bond acceptors (Lipinski definition) is 9. The van der Waals surface area contributed by atoms with Crippen molar-refractivity contribution in [2.24, 2.45) is 12.8 Å². The molecule has 222 valence electrons. The maximum Gasteiger partial charge on any atom is 0.307 e. The first-order valence-corrected chi connectivity index (χ1v) is 14.7. The molecule has 0 spiro atoms. The average Bonchev–Trinajstić information content (AvgIpc) is 3.26. The summed E-state index contributed by atoms with van der Waals surface area (Å²) < 4.78 is 32.9. The normalized spacial score (nSPS) is 10.9. The molecule has 2 aromatic carbocycles. The van der Waals surface area contributed by atoms with E-state index in [2.05, 4.69) is 10.3 Å². The molecule has 0 aliphatic heterocycles. The van der Waals surface area contributed by atoms with Gasteiger partial charge >= 0.3 is 5.97 Å². The average molecular weight is 596 g/mol. The standard InChI is InChI=1S/C27H29N7O3.CH4O3S/c1-3-37-25(35)13-15-34(23-6-4-5-14-30-23)27(36)19-9-12-22-21(16-19)32-24(33(22)2)17-31-20-10-7-18(8-11-20)26(28)29;1-5(2,3)4/h4-12,14,16,31H,3,13,15,17H2,1-2H3,(H3,28,29);1H3,(H,2,3,4). The van der Waals surface area contributed by atoms with Gasteiger partial charge in [-0.2, -0.15) is 8.42 Å². The van der Waals surface area contributed by atoms with Crippen LogP contribution in [0.1, 0.15) is 35.1 Å². The maximum absolute atomic E-state index is 13.5. The smallest absolute Gasteiger partial charge is 0.307 e. The van der Waals surface area contributed by atoms with Crippen LogP contribution in [0.2, 0.25) is 0 Å². The third kappa shape index (κ3) is 9.11. The van der Waals surface area contributed by atoms with Crippen LogP contribution in [0.25, 0.3) is 11.0 Å². The number of aromatic nitrogens is 3. The minimum Gasteiger partial charge on any atom is -0.466 e. The molecule has 0 radical (unpaired) electrons. The zero-order valence-corrected chi connectivity index (χ0v) is 24.3. The predicted octanol–water partition coefficient (Wildman–Crippen LogP) is 2.97. The van der Waals surface area contributed by atoms with Gasteiger partial charge in [-0.1, -0.05) is 6.07 Å². The lowest BCUT2D eigenvalue weighted by Crippen LogP contribution is -2.34. The molecule has 0 bridgehead atoms. The Balaban J connectivity index is 0.000000892. The number of hydrogen-bond donors (Lipinski definition) is 4. The first-order valence-electron chi connectivity index (χ1n) is 12.8. The summed E-state index contributed by atoms with van der Waals surface area (Å²) in [4.78, 5) is 36.0. The number of pyridine rings is 1. The highest BCUT2D eigenvalue weighted by atomic mass is 32.2. The van der Waals surface area contributed by atoms with Crippen molar-refractivity contribution >= 4 is 50.4 Å². The van der Waals surface area contributed by atoms with E-state index in [9.17, 15) is 18.0 Å². The van der Waals surface area contributed by atoms with E-state index in [1.165, 1.54) is 4.90 Å². The Hall–Kier alpha value is -4.82. The number of esters is 1. The third-order valence-corrected chi connectivity index (χ3v) is 5.88. The van der Waals surface area contributed by atoms with Gasteiger partial charge in [-0.25, -0.2) is 9.97 Å². The fraction of sp³-hybridized carbons (Fsp3) is 0.250. The topological polar surface area (TPSA) is 194 Å². The Morgan fingerprint density at radius 1 is 1.12 bits per heavy atom. The number of amides is 1. The monoisotopic (exact) mass is 595 g/mol. The Morgan fingerprint density at radius 3 is 2.38 bits per heavy atom. The summed E-state index contributed by atoms with van der Waals surface area (Å²) in [5.41, 5.74) is 9.07. The summed E-state index contributed by atoms with van der Waals surface area (Å²) in [6, 6.07) is 18.0. The van der Waals surface area contributed by atoms with E-state index in [-0.39, 0.29) is 37.3 Å². The first kappa shape index (κ1) is 31.7. The molecule has 1 amide bonds. The molecule has 0 unspecified atom stereocenters. The van der Waals surface area contributed by atoms with Gasteiger partial charge in [-0.05, 0) is 61.5 Å². The van der Waals surface area contributed by atoms with Crippen LogP contribution in [-0.2, 0) is 33.2 Å². The van der Waals surface area contributed by atoms with Gasteiger partial charge in [0.05, 0.1) is 36.9 Å². The van der Waals surface area contributed by atoms with Crippen molar-refractivity contribution in [1.29, 1.82) is 5.41 Å². The largest absolute Gasteiger partial charge is 0.466 e. The van der Waals surface area contributed by atoms with Crippen molar-refractivity contribution in [3.63, 3.8) is 0 Å². The van der Waals surface area contributed by atoms with Crippen LogP contribution in [-0.4, -0.2) is 64.6 Å². The molecule has 4 rings (SSSR count). The molecule has 0 atom stereocenters. The lowest BCUT2D eigenvalue weighted by atomic mass is 10.1. The number of fused-ring (bicyclic) bond motifs is 1. The number of nitrogens with zero attached hydrogens (tertiary/aromatic N) is 4. The van der Waals surface area contributed by atoms with Gasteiger partial charge < -0.3 is 20.4 Å². The number of imidazole rings is 1. The highest BCUT2D eigenvalue weighted by molar-refractivity contribution is 7.85. The quantitative estimate of drug-likeness (QED) is 0.0916. The minimum atomic E-state index is -3.67. The highest BCUT2D eigenvalue weighted by Crippen LogP contribution is 2.21. The number of carbonyl (C=O) groups is 2. The lowest BCUT2D eigenvalue weighted by Gasteiger charge is -2.21. The van der Waals surface area contributed by atoms with E-state index in [1.54, 1.807) is 55.6 Å². The summed E-state index contributed by atoms with van der Waals surface area (Å²) in [7, 11) is -1.74. The molecular weight excluding hydrogens is 562 g/mol. The van der Waals surface area contributed by atoms with Crippen LogP contribution in [0.15, 0.2) is 66.9 Å². The fourth-order valence-electron chi connectivity index (χ4n) is 3.92.